The van der Waals surface area contributed by atoms with Crippen LogP contribution in [0, 0.1) is 5.92 Å². The van der Waals surface area contributed by atoms with E-state index in [1.165, 1.54) is 16.1 Å². The van der Waals surface area contributed by atoms with Gasteiger partial charge in [-0.2, -0.15) is 5.10 Å². The molecule has 4 nitrogen and oxygen atoms in total. The third-order valence-corrected chi connectivity index (χ3v) is 5.72. The summed E-state index contributed by atoms with van der Waals surface area (Å²) in [5.41, 5.74) is 3.69. The zero-order valence-electron chi connectivity index (χ0n) is 17.5. The molecule has 2 aromatic carbocycles. The smallest absolute Gasteiger partial charge is 0.246 e. The molecule has 4 heteroatoms. The zero-order valence-corrected chi connectivity index (χ0v) is 17.5. The van der Waals surface area contributed by atoms with Crippen molar-refractivity contribution >= 4 is 22.9 Å². The van der Waals surface area contributed by atoms with E-state index in [0.717, 1.165) is 22.8 Å². The number of hydrogen-bond donors (Lipinski definition) is 0. The Hall–Kier alpha value is -3.01. The summed E-state index contributed by atoms with van der Waals surface area (Å²) < 4.78 is 0. The van der Waals surface area contributed by atoms with E-state index in [2.05, 4.69) is 55.1 Å². The summed E-state index contributed by atoms with van der Waals surface area (Å²) in [4.78, 5) is 17.0. The highest BCUT2D eigenvalue weighted by molar-refractivity contribution is 5.99. The van der Waals surface area contributed by atoms with Crippen LogP contribution in [0.1, 0.15) is 49.8 Å². The first kappa shape index (κ1) is 19.3. The van der Waals surface area contributed by atoms with E-state index in [1.807, 2.05) is 30.5 Å². The first-order valence-corrected chi connectivity index (χ1v) is 10.1. The van der Waals surface area contributed by atoms with Gasteiger partial charge in [0.2, 0.25) is 5.91 Å². The molecule has 1 aliphatic carbocycles. The summed E-state index contributed by atoms with van der Waals surface area (Å²) >= 11 is 0. The molecule has 3 aromatic rings. The third kappa shape index (κ3) is 4.07. The van der Waals surface area contributed by atoms with Gasteiger partial charge < -0.3 is 0 Å². The van der Waals surface area contributed by atoms with E-state index in [4.69, 9.17) is 0 Å². The van der Waals surface area contributed by atoms with Crippen LogP contribution in [0.15, 0.2) is 66.0 Å². The predicted octanol–water partition coefficient (Wildman–Crippen LogP) is 5.13. The maximum Gasteiger partial charge on any atom is 0.246 e. The molecule has 0 N–H and O–H groups in total. The van der Waals surface area contributed by atoms with Crippen LogP contribution in [0.4, 0.5) is 0 Å². The molecule has 1 saturated carbocycles. The number of nitrogens with zero attached hydrogens (tertiary/aromatic N) is 3. The highest BCUT2D eigenvalue weighted by atomic mass is 16.2. The fourth-order valence-electron chi connectivity index (χ4n) is 3.77. The molecular weight excluding hydrogens is 358 g/mol. The lowest BCUT2D eigenvalue weighted by molar-refractivity contribution is -0.131. The average Bonchev–Trinajstić information content (AvgIpc) is 3.51. The van der Waals surface area contributed by atoms with E-state index in [9.17, 15) is 4.79 Å². The van der Waals surface area contributed by atoms with Gasteiger partial charge in [0.25, 0.3) is 0 Å². The van der Waals surface area contributed by atoms with E-state index in [-0.39, 0.29) is 17.2 Å². The summed E-state index contributed by atoms with van der Waals surface area (Å²) in [6.07, 6.45) is 6.26. The van der Waals surface area contributed by atoms with Crippen molar-refractivity contribution in [1.29, 1.82) is 0 Å². The molecule has 1 amide bonds. The van der Waals surface area contributed by atoms with Gasteiger partial charge >= 0.3 is 0 Å². The number of aromatic nitrogens is 1. The monoisotopic (exact) mass is 385 g/mol. The van der Waals surface area contributed by atoms with Crippen molar-refractivity contribution in [2.24, 2.45) is 11.0 Å². The number of hydrogen-bond acceptors (Lipinski definition) is 3. The maximum absolute atomic E-state index is 12.8. The third-order valence-electron chi connectivity index (χ3n) is 5.72. The number of benzene rings is 2. The number of amides is 1. The Balaban J connectivity index is 1.43. The minimum atomic E-state index is 0.0226. The van der Waals surface area contributed by atoms with E-state index >= 15 is 0 Å². The Morgan fingerprint density at radius 3 is 2.62 bits per heavy atom. The Morgan fingerprint density at radius 1 is 1.14 bits per heavy atom. The van der Waals surface area contributed by atoms with Gasteiger partial charge in [0, 0.05) is 36.3 Å². The molecule has 1 aromatic heterocycles. The Morgan fingerprint density at radius 2 is 1.90 bits per heavy atom. The molecule has 0 aliphatic heterocycles. The average molecular weight is 386 g/mol. The Kier molecular flexibility index (Phi) is 4.95. The molecule has 148 valence electrons. The zero-order chi connectivity index (χ0) is 20.6. The van der Waals surface area contributed by atoms with Crippen molar-refractivity contribution in [3.05, 3.63) is 77.6 Å². The SMILES string of the molecule is CN(/N=C/c1cccc2cnccc12)C(=O)C1CC1c1ccc(C(C)(C)C)cc1. The number of fused-ring (bicyclic) bond motifs is 1. The highest BCUT2D eigenvalue weighted by Gasteiger charge is 2.45. The van der Waals surface area contributed by atoms with E-state index < -0.39 is 0 Å². The maximum atomic E-state index is 12.8. The Bertz CT molecular complexity index is 1060. The van der Waals surface area contributed by atoms with Crippen molar-refractivity contribution in [3.63, 3.8) is 0 Å². The largest absolute Gasteiger partial charge is 0.273 e. The van der Waals surface area contributed by atoms with Crippen LogP contribution in [0.3, 0.4) is 0 Å². The van der Waals surface area contributed by atoms with Gasteiger partial charge in [-0.1, -0.05) is 63.2 Å². The van der Waals surface area contributed by atoms with Gasteiger partial charge in [0.1, 0.15) is 0 Å². The van der Waals surface area contributed by atoms with Gasteiger partial charge in [0.05, 0.1) is 6.21 Å². The second-order valence-corrected chi connectivity index (χ2v) is 8.87. The summed E-state index contributed by atoms with van der Waals surface area (Å²) in [7, 11) is 1.74. The van der Waals surface area contributed by atoms with Crippen molar-refractivity contribution in [3.8, 4) is 0 Å². The van der Waals surface area contributed by atoms with Crippen LogP contribution in [-0.4, -0.2) is 29.2 Å². The Labute approximate surface area is 172 Å². The van der Waals surface area contributed by atoms with Gasteiger partial charge in [-0.05, 0) is 40.3 Å². The quantitative estimate of drug-likeness (QED) is 0.462. The topological polar surface area (TPSA) is 45.6 Å². The fourth-order valence-corrected chi connectivity index (χ4v) is 3.77. The molecule has 1 heterocycles. The van der Waals surface area contributed by atoms with Gasteiger partial charge in [0.15, 0.2) is 0 Å². The molecule has 0 saturated heterocycles. The number of carbonyl (C=O) groups excluding carboxylic acids is 1. The number of hydrazone groups is 1. The van der Waals surface area contributed by atoms with E-state index in [1.54, 1.807) is 19.5 Å². The minimum Gasteiger partial charge on any atom is -0.273 e. The summed E-state index contributed by atoms with van der Waals surface area (Å²) in [5, 5.41) is 8.04. The van der Waals surface area contributed by atoms with Gasteiger partial charge in [-0.25, -0.2) is 5.01 Å². The molecule has 1 fully saturated rings. The summed E-state index contributed by atoms with van der Waals surface area (Å²) in [5.74, 6) is 0.403. The molecule has 2 unspecified atom stereocenters. The normalized spacial score (nSPS) is 18.9. The van der Waals surface area contributed by atoms with Crippen LogP contribution in [-0.2, 0) is 10.2 Å². The summed E-state index contributed by atoms with van der Waals surface area (Å²) in [6, 6.07) is 16.7. The molecule has 29 heavy (non-hydrogen) atoms. The molecule has 0 spiro atoms. The summed E-state index contributed by atoms with van der Waals surface area (Å²) in [6.45, 7) is 6.64. The van der Waals surface area contributed by atoms with Crippen LogP contribution in [0.25, 0.3) is 10.8 Å². The van der Waals surface area contributed by atoms with Crippen LogP contribution in [0.2, 0.25) is 0 Å². The number of carbonyl (C=O) groups is 1. The van der Waals surface area contributed by atoms with Crippen molar-refractivity contribution in [2.75, 3.05) is 7.05 Å². The first-order chi connectivity index (χ1) is 13.8. The van der Waals surface area contributed by atoms with Gasteiger partial charge in [-0.3, -0.25) is 9.78 Å². The van der Waals surface area contributed by atoms with Gasteiger partial charge in [-0.15, -0.1) is 0 Å². The second-order valence-electron chi connectivity index (χ2n) is 8.87. The lowest BCUT2D eigenvalue weighted by Crippen LogP contribution is -2.23. The highest BCUT2D eigenvalue weighted by Crippen LogP contribution is 2.48. The molecule has 1 aliphatic rings. The second kappa shape index (κ2) is 7.43. The molecule has 2 atom stereocenters. The number of rotatable bonds is 4. The first-order valence-electron chi connectivity index (χ1n) is 10.1. The van der Waals surface area contributed by atoms with E-state index in [0.29, 0.717) is 5.92 Å². The molecule has 0 bridgehead atoms. The molecule has 4 rings (SSSR count). The van der Waals surface area contributed by atoms with Crippen molar-refractivity contribution in [1.82, 2.24) is 9.99 Å². The minimum absolute atomic E-state index is 0.0226. The molecule has 0 radical (unpaired) electrons. The van der Waals surface area contributed by atoms with Crippen molar-refractivity contribution in [2.45, 2.75) is 38.5 Å². The lowest BCUT2D eigenvalue weighted by atomic mass is 9.86. The molecular formula is C25H27N3O. The van der Waals surface area contributed by atoms with Crippen LogP contribution in [0.5, 0.6) is 0 Å². The lowest BCUT2D eigenvalue weighted by Gasteiger charge is -2.19. The number of pyridine rings is 1. The standard InChI is InChI=1S/C25H27N3O/c1-25(2,3)20-10-8-17(9-11-20)22-14-23(22)24(29)28(4)27-16-19-7-5-6-18-15-26-13-12-21(18)19/h5-13,15-16,22-23H,14H2,1-4H3/b27-16+. The van der Waals surface area contributed by atoms with Crippen LogP contribution < -0.4 is 0 Å². The predicted molar refractivity (Wildman–Crippen MR) is 118 cm³/mol. The van der Waals surface area contributed by atoms with Crippen LogP contribution >= 0.6 is 0 Å². The fraction of sp³-hybridized carbons (Fsp3) is 0.320. The van der Waals surface area contributed by atoms with Crippen molar-refractivity contribution < 1.29 is 4.79 Å².